The van der Waals surface area contributed by atoms with Gasteiger partial charge in [-0.3, -0.25) is 0 Å². The maximum Gasteiger partial charge on any atom is 0.416 e. The van der Waals surface area contributed by atoms with Crippen molar-refractivity contribution in [1.82, 2.24) is 0 Å². The SMILES string of the molecule is Nc1ccccc1C(=O)OCc1cccc(C(F)(F)F)c1. The Labute approximate surface area is 119 Å². The molecular formula is C15H12F3NO2. The topological polar surface area (TPSA) is 52.3 Å². The lowest BCUT2D eigenvalue weighted by molar-refractivity contribution is -0.137. The van der Waals surface area contributed by atoms with E-state index in [2.05, 4.69) is 0 Å². The van der Waals surface area contributed by atoms with Crippen molar-refractivity contribution >= 4 is 11.7 Å². The van der Waals surface area contributed by atoms with Gasteiger partial charge in [0.05, 0.1) is 11.1 Å². The molecule has 0 aliphatic carbocycles. The second-order valence-electron chi connectivity index (χ2n) is 4.36. The standard InChI is InChI=1S/C15H12F3NO2/c16-15(17,18)11-5-3-4-10(8-11)9-21-14(20)12-6-1-2-7-13(12)19/h1-8H,9,19H2. The molecule has 0 heterocycles. The number of para-hydroxylation sites is 1. The first kappa shape index (κ1) is 14.9. The van der Waals surface area contributed by atoms with Crippen molar-refractivity contribution in [2.75, 3.05) is 5.73 Å². The Morgan fingerprint density at radius 3 is 2.48 bits per heavy atom. The predicted octanol–water partition coefficient (Wildman–Crippen LogP) is 3.64. The third-order valence-corrected chi connectivity index (χ3v) is 2.80. The maximum absolute atomic E-state index is 12.6. The Hall–Kier alpha value is -2.50. The van der Waals surface area contributed by atoms with E-state index in [1.54, 1.807) is 18.2 Å². The number of benzene rings is 2. The highest BCUT2D eigenvalue weighted by atomic mass is 19.4. The van der Waals surface area contributed by atoms with Crippen molar-refractivity contribution in [2.24, 2.45) is 0 Å². The van der Waals surface area contributed by atoms with Crippen LogP contribution in [-0.2, 0) is 17.5 Å². The van der Waals surface area contributed by atoms with Crippen LogP contribution in [0.15, 0.2) is 48.5 Å². The van der Waals surface area contributed by atoms with Crippen molar-refractivity contribution < 1.29 is 22.7 Å². The fraction of sp³-hybridized carbons (Fsp3) is 0.133. The van der Waals surface area contributed by atoms with E-state index in [4.69, 9.17) is 10.5 Å². The van der Waals surface area contributed by atoms with Gasteiger partial charge in [-0.25, -0.2) is 4.79 Å². The number of ether oxygens (including phenoxy) is 1. The molecule has 0 aliphatic rings. The molecule has 21 heavy (non-hydrogen) atoms. The van der Waals surface area contributed by atoms with Crippen molar-refractivity contribution in [3.8, 4) is 0 Å². The van der Waals surface area contributed by atoms with Crippen LogP contribution in [0.5, 0.6) is 0 Å². The fourth-order valence-electron chi connectivity index (χ4n) is 1.75. The molecule has 0 atom stereocenters. The highest BCUT2D eigenvalue weighted by Gasteiger charge is 2.30. The summed E-state index contributed by atoms with van der Waals surface area (Å²) in [4.78, 5) is 11.8. The molecule has 0 spiro atoms. The second-order valence-corrected chi connectivity index (χ2v) is 4.36. The van der Waals surface area contributed by atoms with Gasteiger partial charge in [0.25, 0.3) is 0 Å². The Morgan fingerprint density at radius 2 is 1.81 bits per heavy atom. The predicted molar refractivity (Wildman–Crippen MR) is 71.4 cm³/mol. The number of hydrogen-bond donors (Lipinski definition) is 1. The molecule has 0 bridgehead atoms. The number of carbonyl (C=O) groups excluding carboxylic acids is 1. The van der Waals surface area contributed by atoms with Crippen LogP contribution in [0.4, 0.5) is 18.9 Å². The minimum Gasteiger partial charge on any atom is -0.457 e. The van der Waals surface area contributed by atoms with Gasteiger partial charge in [-0.15, -0.1) is 0 Å². The molecule has 0 radical (unpaired) electrons. The minimum atomic E-state index is -4.43. The monoisotopic (exact) mass is 295 g/mol. The molecule has 2 N–H and O–H groups in total. The molecule has 2 aromatic carbocycles. The van der Waals surface area contributed by atoms with E-state index >= 15 is 0 Å². The zero-order valence-electron chi connectivity index (χ0n) is 10.9. The largest absolute Gasteiger partial charge is 0.457 e. The van der Waals surface area contributed by atoms with Gasteiger partial charge in [0.15, 0.2) is 0 Å². The number of hydrogen-bond acceptors (Lipinski definition) is 3. The molecule has 2 rings (SSSR count). The van der Waals surface area contributed by atoms with Gasteiger partial charge in [-0.2, -0.15) is 13.2 Å². The van der Waals surface area contributed by atoms with Gasteiger partial charge in [0, 0.05) is 5.69 Å². The molecule has 2 aromatic rings. The molecular weight excluding hydrogens is 283 g/mol. The summed E-state index contributed by atoms with van der Waals surface area (Å²) in [6.45, 7) is -0.253. The maximum atomic E-state index is 12.6. The molecule has 0 fully saturated rings. The van der Waals surface area contributed by atoms with Crippen LogP contribution in [0.25, 0.3) is 0 Å². The summed E-state index contributed by atoms with van der Waals surface area (Å²) in [6.07, 6.45) is -4.43. The van der Waals surface area contributed by atoms with Crippen LogP contribution < -0.4 is 5.73 Å². The fourth-order valence-corrected chi connectivity index (χ4v) is 1.75. The van der Waals surface area contributed by atoms with Gasteiger partial charge < -0.3 is 10.5 Å². The molecule has 0 aromatic heterocycles. The number of nitrogen functional groups attached to an aromatic ring is 1. The summed E-state index contributed by atoms with van der Waals surface area (Å²) in [5.41, 5.74) is 5.54. The first-order chi connectivity index (χ1) is 9.88. The normalized spacial score (nSPS) is 11.2. The first-order valence-electron chi connectivity index (χ1n) is 6.05. The quantitative estimate of drug-likeness (QED) is 0.694. The van der Waals surface area contributed by atoms with Gasteiger partial charge in [-0.05, 0) is 29.8 Å². The van der Waals surface area contributed by atoms with E-state index in [0.29, 0.717) is 0 Å². The lowest BCUT2D eigenvalue weighted by Gasteiger charge is -2.10. The van der Waals surface area contributed by atoms with Crippen molar-refractivity contribution in [2.45, 2.75) is 12.8 Å². The Balaban J connectivity index is 2.07. The lowest BCUT2D eigenvalue weighted by atomic mass is 10.1. The zero-order chi connectivity index (χ0) is 15.5. The number of alkyl halides is 3. The smallest absolute Gasteiger partial charge is 0.416 e. The van der Waals surface area contributed by atoms with E-state index in [1.807, 2.05) is 0 Å². The summed E-state index contributed by atoms with van der Waals surface area (Å²) in [6, 6.07) is 10.9. The van der Waals surface area contributed by atoms with Crippen molar-refractivity contribution in [3.63, 3.8) is 0 Å². The molecule has 0 aliphatic heterocycles. The zero-order valence-corrected chi connectivity index (χ0v) is 10.9. The van der Waals surface area contributed by atoms with Crippen LogP contribution >= 0.6 is 0 Å². The Kier molecular flexibility index (Phi) is 4.16. The summed E-state index contributed by atoms with van der Waals surface area (Å²) < 4.78 is 42.7. The third kappa shape index (κ3) is 3.75. The molecule has 0 unspecified atom stereocenters. The van der Waals surface area contributed by atoms with Crippen molar-refractivity contribution in [1.29, 1.82) is 0 Å². The van der Waals surface area contributed by atoms with E-state index < -0.39 is 17.7 Å². The molecule has 0 saturated carbocycles. The highest BCUT2D eigenvalue weighted by Crippen LogP contribution is 2.29. The minimum absolute atomic E-state index is 0.185. The molecule has 0 amide bonds. The number of halogens is 3. The van der Waals surface area contributed by atoms with Gasteiger partial charge in [-0.1, -0.05) is 24.3 Å². The lowest BCUT2D eigenvalue weighted by Crippen LogP contribution is -2.09. The van der Waals surface area contributed by atoms with Gasteiger partial charge in [0.1, 0.15) is 6.61 Å². The highest BCUT2D eigenvalue weighted by molar-refractivity contribution is 5.94. The number of carbonyl (C=O) groups is 1. The average Bonchev–Trinajstić information content (AvgIpc) is 2.45. The summed E-state index contributed by atoms with van der Waals surface area (Å²) >= 11 is 0. The van der Waals surface area contributed by atoms with Crippen LogP contribution in [0.2, 0.25) is 0 Å². The van der Waals surface area contributed by atoms with Crippen LogP contribution in [-0.4, -0.2) is 5.97 Å². The number of esters is 1. The number of nitrogens with two attached hydrogens (primary N) is 1. The van der Waals surface area contributed by atoms with E-state index in [0.717, 1.165) is 12.1 Å². The van der Waals surface area contributed by atoms with Gasteiger partial charge in [0.2, 0.25) is 0 Å². The Bertz CT molecular complexity index is 653. The Morgan fingerprint density at radius 1 is 1.10 bits per heavy atom. The van der Waals surface area contributed by atoms with E-state index in [-0.39, 0.29) is 23.4 Å². The molecule has 6 heteroatoms. The third-order valence-electron chi connectivity index (χ3n) is 2.80. The first-order valence-corrected chi connectivity index (χ1v) is 6.05. The van der Waals surface area contributed by atoms with Crippen LogP contribution in [0, 0.1) is 0 Å². The average molecular weight is 295 g/mol. The van der Waals surface area contributed by atoms with E-state index in [1.165, 1.54) is 18.2 Å². The van der Waals surface area contributed by atoms with Gasteiger partial charge >= 0.3 is 12.1 Å². The molecule has 3 nitrogen and oxygen atoms in total. The van der Waals surface area contributed by atoms with Crippen LogP contribution in [0.1, 0.15) is 21.5 Å². The van der Waals surface area contributed by atoms with E-state index in [9.17, 15) is 18.0 Å². The summed E-state index contributed by atoms with van der Waals surface area (Å²) in [7, 11) is 0. The van der Waals surface area contributed by atoms with Crippen molar-refractivity contribution in [3.05, 3.63) is 65.2 Å². The molecule has 110 valence electrons. The number of rotatable bonds is 3. The second kappa shape index (κ2) is 5.87. The summed E-state index contributed by atoms with van der Waals surface area (Å²) in [5, 5.41) is 0. The van der Waals surface area contributed by atoms with Crippen LogP contribution in [0.3, 0.4) is 0 Å². The summed E-state index contributed by atoms with van der Waals surface area (Å²) in [5.74, 6) is -0.675. The molecule has 0 saturated heterocycles. The number of anilines is 1.